The molecule has 0 fully saturated rings. The van der Waals surface area contributed by atoms with Crippen molar-refractivity contribution in [1.82, 2.24) is 0 Å². The number of unbranched alkanes of at least 4 members (excludes halogenated alkanes) is 2. The Morgan fingerprint density at radius 3 is 1.53 bits per heavy atom. The Kier molecular flexibility index (Phi) is 15.5. The van der Waals surface area contributed by atoms with Gasteiger partial charge in [0.05, 0.1) is 0 Å². The molecule has 0 saturated carbocycles. The van der Waals surface area contributed by atoms with E-state index in [0.29, 0.717) is 12.2 Å². The zero-order valence-electron chi connectivity index (χ0n) is 10.5. The Hall–Kier alpha value is -1.36. The first-order valence-corrected chi connectivity index (χ1v) is 5.76. The molecule has 100 valence electrons. The number of aliphatic carboxylic acids is 2. The minimum atomic E-state index is -1.26. The lowest BCUT2D eigenvalue weighted by molar-refractivity contribution is -0.134. The van der Waals surface area contributed by atoms with Crippen molar-refractivity contribution in [3.8, 4) is 0 Å². The van der Waals surface area contributed by atoms with Crippen LogP contribution in [0.1, 0.15) is 39.5 Å². The van der Waals surface area contributed by atoms with Crippen LogP contribution in [0.2, 0.25) is 0 Å². The van der Waals surface area contributed by atoms with Crippen molar-refractivity contribution in [2.45, 2.75) is 39.5 Å². The van der Waals surface area contributed by atoms with Gasteiger partial charge in [-0.3, -0.25) is 0 Å². The van der Waals surface area contributed by atoms with Crippen LogP contribution in [0.3, 0.4) is 0 Å². The van der Waals surface area contributed by atoms with Gasteiger partial charge in [0.15, 0.2) is 0 Å². The van der Waals surface area contributed by atoms with Crippen LogP contribution in [0.4, 0.5) is 0 Å². The van der Waals surface area contributed by atoms with E-state index in [1.165, 1.54) is 25.7 Å². The van der Waals surface area contributed by atoms with Gasteiger partial charge in [0, 0.05) is 25.4 Å². The molecular formula is C12H22O5. The fourth-order valence-electron chi connectivity index (χ4n) is 0.737. The molecular weight excluding hydrogens is 224 g/mol. The van der Waals surface area contributed by atoms with Crippen LogP contribution in [0.15, 0.2) is 12.2 Å². The van der Waals surface area contributed by atoms with E-state index in [1.54, 1.807) is 0 Å². The third kappa shape index (κ3) is 25.2. The third-order valence-corrected chi connectivity index (χ3v) is 1.65. The average Bonchev–Trinajstić information content (AvgIpc) is 2.27. The highest BCUT2D eigenvalue weighted by Crippen LogP contribution is 1.91. The molecule has 0 aliphatic carbocycles. The van der Waals surface area contributed by atoms with E-state index in [4.69, 9.17) is 14.9 Å². The first kappa shape index (κ1) is 18.0. The second kappa shape index (κ2) is 14.6. The maximum absolute atomic E-state index is 9.55. The van der Waals surface area contributed by atoms with Crippen LogP contribution in [0.25, 0.3) is 0 Å². The first-order valence-electron chi connectivity index (χ1n) is 5.76. The summed E-state index contributed by atoms with van der Waals surface area (Å²) in [7, 11) is 0. The fourth-order valence-corrected chi connectivity index (χ4v) is 0.737. The lowest BCUT2D eigenvalue weighted by Crippen LogP contribution is -1.95. The number of rotatable bonds is 8. The highest BCUT2D eigenvalue weighted by atomic mass is 16.5. The van der Waals surface area contributed by atoms with E-state index in [2.05, 4.69) is 13.8 Å². The summed E-state index contributed by atoms with van der Waals surface area (Å²) in [5.41, 5.74) is 0. The van der Waals surface area contributed by atoms with E-state index >= 15 is 0 Å². The SMILES string of the molecule is CCCCOCCCC.O=C(O)/C=C/C(=O)O. The summed E-state index contributed by atoms with van der Waals surface area (Å²) in [6.45, 7) is 6.28. The Bertz CT molecular complexity index is 201. The molecule has 0 amide bonds. The minimum absolute atomic E-state index is 0.558. The molecule has 0 heterocycles. The molecule has 0 radical (unpaired) electrons. The van der Waals surface area contributed by atoms with E-state index in [9.17, 15) is 9.59 Å². The molecule has 5 heteroatoms. The monoisotopic (exact) mass is 246 g/mol. The van der Waals surface area contributed by atoms with Crippen molar-refractivity contribution in [3.63, 3.8) is 0 Å². The van der Waals surface area contributed by atoms with Gasteiger partial charge in [-0.25, -0.2) is 9.59 Å². The second-order valence-electron chi connectivity index (χ2n) is 3.33. The van der Waals surface area contributed by atoms with Crippen LogP contribution in [-0.2, 0) is 14.3 Å². The van der Waals surface area contributed by atoms with E-state index < -0.39 is 11.9 Å². The molecule has 0 atom stereocenters. The van der Waals surface area contributed by atoms with Crippen LogP contribution in [0.5, 0.6) is 0 Å². The topological polar surface area (TPSA) is 83.8 Å². The number of carboxylic acid groups (broad SMARTS) is 2. The van der Waals surface area contributed by atoms with Gasteiger partial charge in [0.1, 0.15) is 0 Å². The van der Waals surface area contributed by atoms with Gasteiger partial charge in [0.2, 0.25) is 0 Å². The summed E-state index contributed by atoms with van der Waals surface area (Å²) < 4.78 is 5.31. The van der Waals surface area contributed by atoms with Gasteiger partial charge in [-0.2, -0.15) is 0 Å². The van der Waals surface area contributed by atoms with Gasteiger partial charge >= 0.3 is 11.9 Å². The lowest BCUT2D eigenvalue weighted by atomic mass is 10.3. The standard InChI is InChI=1S/C8H18O.C4H4O4/c1-3-5-7-9-8-6-4-2;5-3(6)1-2-4(7)8/h3-8H2,1-2H3;1-2H,(H,5,6)(H,7,8)/b;2-1+. The Balaban J connectivity index is 0. The summed E-state index contributed by atoms with van der Waals surface area (Å²) in [4.78, 5) is 19.1. The van der Waals surface area contributed by atoms with Crippen LogP contribution >= 0.6 is 0 Å². The molecule has 0 aliphatic rings. The first-order chi connectivity index (χ1) is 8.04. The van der Waals surface area contributed by atoms with Crippen LogP contribution in [-0.4, -0.2) is 35.4 Å². The molecule has 17 heavy (non-hydrogen) atoms. The largest absolute Gasteiger partial charge is 0.478 e. The zero-order chi connectivity index (χ0) is 13.5. The number of hydrogen-bond acceptors (Lipinski definition) is 3. The van der Waals surface area contributed by atoms with Crippen molar-refractivity contribution in [1.29, 1.82) is 0 Å². The normalized spacial score (nSPS) is 9.76. The maximum Gasteiger partial charge on any atom is 0.328 e. The van der Waals surface area contributed by atoms with Crippen LogP contribution < -0.4 is 0 Å². The Labute approximate surface area is 102 Å². The number of ether oxygens (including phenoxy) is 1. The predicted molar refractivity (Wildman–Crippen MR) is 65.0 cm³/mol. The summed E-state index contributed by atoms with van der Waals surface area (Å²) in [5.74, 6) is -2.51. The second-order valence-corrected chi connectivity index (χ2v) is 3.33. The van der Waals surface area contributed by atoms with Crippen molar-refractivity contribution < 1.29 is 24.5 Å². The molecule has 0 unspecified atom stereocenters. The summed E-state index contributed by atoms with van der Waals surface area (Å²) in [6, 6.07) is 0. The van der Waals surface area contributed by atoms with Crippen molar-refractivity contribution in [2.24, 2.45) is 0 Å². The number of hydrogen-bond donors (Lipinski definition) is 2. The molecule has 0 aliphatic heterocycles. The van der Waals surface area contributed by atoms with Crippen LogP contribution in [0, 0.1) is 0 Å². The maximum atomic E-state index is 9.55. The van der Waals surface area contributed by atoms with Gasteiger partial charge < -0.3 is 14.9 Å². The lowest BCUT2D eigenvalue weighted by Gasteiger charge is -1.99. The molecule has 0 saturated heterocycles. The van der Waals surface area contributed by atoms with Gasteiger partial charge in [-0.15, -0.1) is 0 Å². The fraction of sp³-hybridized carbons (Fsp3) is 0.667. The smallest absolute Gasteiger partial charge is 0.328 e. The minimum Gasteiger partial charge on any atom is -0.478 e. The summed E-state index contributed by atoms with van der Waals surface area (Å²) >= 11 is 0. The van der Waals surface area contributed by atoms with Crippen molar-refractivity contribution >= 4 is 11.9 Å². The van der Waals surface area contributed by atoms with Gasteiger partial charge in [-0.1, -0.05) is 26.7 Å². The summed E-state index contributed by atoms with van der Waals surface area (Å²) in [6.07, 6.45) is 6.02. The number of carbonyl (C=O) groups is 2. The quantitative estimate of drug-likeness (QED) is 0.507. The zero-order valence-corrected chi connectivity index (χ0v) is 10.5. The highest BCUT2D eigenvalue weighted by molar-refractivity contribution is 5.89. The molecule has 0 rings (SSSR count). The molecule has 0 spiro atoms. The van der Waals surface area contributed by atoms with E-state index in [1.807, 2.05) is 0 Å². The van der Waals surface area contributed by atoms with E-state index in [-0.39, 0.29) is 0 Å². The van der Waals surface area contributed by atoms with Gasteiger partial charge in [0.25, 0.3) is 0 Å². The highest BCUT2D eigenvalue weighted by Gasteiger charge is 1.88. The van der Waals surface area contributed by atoms with Gasteiger partial charge in [-0.05, 0) is 12.8 Å². The van der Waals surface area contributed by atoms with Crippen molar-refractivity contribution in [3.05, 3.63) is 12.2 Å². The predicted octanol–water partition coefficient (Wildman–Crippen LogP) is 2.32. The summed E-state index contributed by atoms with van der Waals surface area (Å²) in [5, 5.41) is 15.6. The third-order valence-electron chi connectivity index (χ3n) is 1.65. The molecule has 0 aromatic carbocycles. The molecule has 0 bridgehead atoms. The Morgan fingerprint density at radius 1 is 0.941 bits per heavy atom. The molecule has 0 aromatic rings. The van der Waals surface area contributed by atoms with Crippen molar-refractivity contribution in [2.75, 3.05) is 13.2 Å². The average molecular weight is 246 g/mol. The molecule has 0 aromatic heterocycles. The number of carboxylic acids is 2. The molecule has 5 nitrogen and oxygen atoms in total. The molecule has 2 N–H and O–H groups in total. The Morgan fingerprint density at radius 2 is 1.29 bits per heavy atom. The van der Waals surface area contributed by atoms with E-state index in [0.717, 1.165) is 13.2 Å².